The summed E-state index contributed by atoms with van der Waals surface area (Å²) in [5, 5.41) is 2.85. The van der Waals surface area contributed by atoms with E-state index in [1.54, 1.807) is 6.07 Å². The van der Waals surface area contributed by atoms with Crippen LogP contribution in [0.15, 0.2) is 52.4 Å². The van der Waals surface area contributed by atoms with Crippen LogP contribution in [0.1, 0.15) is 21.6 Å². The van der Waals surface area contributed by atoms with E-state index in [-0.39, 0.29) is 17.0 Å². The molecule has 0 aliphatic carbocycles. The highest BCUT2D eigenvalue weighted by Gasteiger charge is 2.33. The lowest BCUT2D eigenvalue weighted by Crippen LogP contribution is -2.23. The Kier molecular flexibility index (Phi) is 6.99. The molecule has 2 aromatic carbocycles. The molecule has 35 heavy (non-hydrogen) atoms. The van der Waals surface area contributed by atoms with Crippen LogP contribution in [-0.2, 0) is 11.0 Å². The summed E-state index contributed by atoms with van der Waals surface area (Å²) in [5.41, 5.74) is 1.12. The maximum Gasteiger partial charge on any atom is 0.417 e. The first-order valence-electron chi connectivity index (χ1n) is 10.3. The average molecular weight is 538 g/mol. The largest absolute Gasteiger partial charge is 0.417 e. The van der Waals surface area contributed by atoms with Gasteiger partial charge >= 0.3 is 6.18 Å². The molecule has 182 valence electrons. The maximum absolute atomic E-state index is 13.5. The third-order valence-corrected chi connectivity index (χ3v) is 7.69. The van der Waals surface area contributed by atoms with Gasteiger partial charge in [-0.2, -0.15) is 13.2 Å². The van der Waals surface area contributed by atoms with E-state index in [4.69, 9.17) is 11.6 Å². The minimum atomic E-state index is -4.65. The molecule has 0 radical (unpaired) electrons. The first-order chi connectivity index (χ1) is 16.5. The van der Waals surface area contributed by atoms with Gasteiger partial charge in [-0.1, -0.05) is 35.5 Å². The van der Waals surface area contributed by atoms with Crippen molar-refractivity contribution < 1.29 is 18.0 Å². The fourth-order valence-electron chi connectivity index (χ4n) is 3.51. The zero-order chi connectivity index (χ0) is 25.5. The van der Waals surface area contributed by atoms with E-state index in [9.17, 15) is 22.8 Å². The highest BCUT2D eigenvalue weighted by Crippen LogP contribution is 2.36. The van der Waals surface area contributed by atoms with Crippen LogP contribution >= 0.6 is 34.7 Å². The van der Waals surface area contributed by atoms with Gasteiger partial charge in [0.05, 0.1) is 27.4 Å². The van der Waals surface area contributed by atoms with Crippen LogP contribution in [0.3, 0.4) is 0 Å². The first-order valence-corrected chi connectivity index (χ1v) is 12.5. The predicted molar refractivity (Wildman–Crippen MR) is 135 cm³/mol. The Bertz CT molecular complexity index is 1510. The summed E-state index contributed by atoms with van der Waals surface area (Å²) < 4.78 is 40.8. The van der Waals surface area contributed by atoms with E-state index < -0.39 is 22.7 Å². The van der Waals surface area contributed by atoms with Crippen molar-refractivity contribution in [2.24, 2.45) is 0 Å². The molecule has 0 unspecified atom stereocenters. The Morgan fingerprint density at radius 3 is 2.60 bits per heavy atom. The molecule has 2 heterocycles. The van der Waals surface area contributed by atoms with Gasteiger partial charge < -0.3 is 5.32 Å². The molecule has 1 N–H and O–H groups in total. The molecule has 0 atom stereocenters. The van der Waals surface area contributed by atoms with Crippen LogP contribution in [0.25, 0.3) is 15.9 Å². The second-order valence-electron chi connectivity index (χ2n) is 7.87. The van der Waals surface area contributed by atoms with E-state index in [0.29, 0.717) is 21.1 Å². The lowest BCUT2D eigenvalue weighted by atomic mass is 10.2. The number of amides is 1. The number of benzene rings is 2. The Balaban J connectivity index is 1.66. The highest BCUT2D eigenvalue weighted by atomic mass is 35.5. The highest BCUT2D eigenvalue weighted by molar-refractivity contribution is 7.99. The fourth-order valence-corrected chi connectivity index (χ4v) is 5.62. The van der Waals surface area contributed by atoms with Crippen molar-refractivity contribution >= 4 is 56.5 Å². The number of fused-ring (bicyclic) bond motifs is 1. The van der Waals surface area contributed by atoms with E-state index >= 15 is 0 Å². The van der Waals surface area contributed by atoms with Gasteiger partial charge in [0.2, 0.25) is 5.91 Å². The smallest absolute Gasteiger partial charge is 0.325 e. The lowest BCUT2D eigenvalue weighted by molar-refractivity contribution is -0.137. The van der Waals surface area contributed by atoms with Gasteiger partial charge in [0.15, 0.2) is 5.16 Å². The van der Waals surface area contributed by atoms with Crippen molar-refractivity contribution in [2.45, 2.75) is 32.1 Å². The summed E-state index contributed by atoms with van der Waals surface area (Å²) in [6.07, 6.45) is -4.65. The predicted octanol–water partition coefficient (Wildman–Crippen LogP) is 6.78. The molecule has 2 aromatic heterocycles. The average Bonchev–Trinajstić information content (AvgIpc) is 3.06. The van der Waals surface area contributed by atoms with Gasteiger partial charge in [0.25, 0.3) is 5.56 Å². The van der Waals surface area contributed by atoms with E-state index in [2.05, 4.69) is 10.3 Å². The number of halogens is 4. The van der Waals surface area contributed by atoms with E-state index in [0.717, 1.165) is 39.9 Å². The monoisotopic (exact) mass is 537 g/mol. The minimum Gasteiger partial charge on any atom is -0.325 e. The molecule has 0 fully saturated rings. The number of hydrogen-bond acceptors (Lipinski definition) is 5. The van der Waals surface area contributed by atoms with Crippen molar-refractivity contribution in [1.82, 2.24) is 9.55 Å². The molecule has 11 heteroatoms. The summed E-state index contributed by atoms with van der Waals surface area (Å²) in [6.45, 7) is 5.70. The van der Waals surface area contributed by atoms with Crippen LogP contribution in [0.5, 0.6) is 0 Å². The Labute approximate surface area is 212 Å². The number of thiophene rings is 1. The van der Waals surface area contributed by atoms with Gasteiger partial charge in [-0.15, -0.1) is 11.3 Å². The standard InChI is InChI=1S/C24H19ClF3N3O2S2/c1-12-5-4-6-16(9-12)31-22(33)20-13(2)14(3)35-21(20)30-23(31)34-11-19(32)29-15-7-8-18(25)17(10-15)24(26,27)28/h4-10H,11H2,1-3H3,(H,29,32). The first kappa shape index (κ1) is 25.3. The molecule has 4 aromatic rings. The van der Waals surface area contributed by atoms with E-state index in [1.165, 1.54) is 22.0 Å². The van der Waals surface area contributed by atoms with Gasteiger partial charge in [-0.3, -0.25) is 14.2 Å². The number of carbonyl (C=O) groups excluding carboxylic acids is 1. The number of anilines is 1. The number of hydrogen-bond donors (Lipinski definition) is 1. The number of carbonyl (C=O) groups is 1. The van der Waals surface area contributed by atoms with Crippen LogP contribution in [0, 0.1) is 20.8 Å². The number of nitrogens with one attached hydrogen (secondary N) is 1. The molecule has 5 nitrogen and oxygen atoms in total. The van der Waals surface area contributed by atoms with Crippen LogP contribution in [-0.4, -0.2) is 21.2 Å². The summed E-state index contributed by atoms with van der Waals surface area (Å²) >= 11 is 8.07. The number of alkyl halides is 3. The molecule has 0 saturated heterocycles. The Hall–Kier alpha value is -2.82. The zero-order valence-electron chi connectivity index (χ0n) is 18.8. The number of nitrogens with zero attached hydrogens (tertiary/aromatic N) is 2. The normalized spacial score (nSPS) is 11.7. The molecule has 0 saturated carbocycles. The maximum atomic E-state index is 13.5. The lowest BCUT2D eigenvalue weighted by Gasteiger charge is -2.14. The van der Waals surface area contributed by atoms with Gasteiger partial charge in [-0.05, 0) is 62.2 Å². The number of aromatic nitrogens is 2. The van der Waals surface area contributed by atoms with Gasteiger partial charge in [0.1, 0.15) is 4.83 Å². The molecule has 0 aliphatic heterocycles. The Morgan fingerprint density at radius 1 is 1.17 bits per heavy atom. The fraction of sp³-hybridized carbons (Fsp3) is 0.208. The third kappa shape index (κ3) is 5.24. The van der Waals surface area contributed by atoms with Gasteiger partial charge in [-0.25, -0.2) is 4.98 Å². The molecule has 0 bridgehead atoms. The van der Waals surface area contributed by atoms with Crippen molar-refractivity contribution in [1.29, 1.82) is 0 Å². The van der Waals surface area contributed by atoms with Crippen LogP contribution in [0.2, 0.25) is 5.02 Å². The number of thioether (sulfide) groups is 1. The second kappa shape index (κ2) is 9.67. The summed E-state index contributed by atoms with van der Waals surface area (Å²) in [6, 6.07) is 10.5. The molecule has 4 rings (SSSR count). The van der Waals surface area contributed by atoms with Crippen LogP contribution in [0.4, 0.5) is 18.9 Å². The SMILES string of the molecule is Cc1cccc(-n2c(SCC(=O)Nc3ccc(Cl)c(C(F)(F)F)c3)nc3sc(C)c(C)c3c2=O)c1. The second-order valence-corrected chi connectivity index (χ2v) is 10.4. The van der Waals surface area contributed by atoms with Crippen molar-refractivity contribution in [3.63, 3.8) is 0 Å². The molecular formula is C24H19ClF3N3O2S2. The molecule has 1 amide bonds. The van der Waals surface area contributed by atoms with Crippen molar-refractivity contribution in [3.05, 3.63) is 79.4 Å². The summed E-state index contributed by atoms with van der Waals surface area (Å²) in [7, 11) is 0. The number of aryl methyl sites for hydroxylation is 3. The van der Waals surface area contributed by atoms with Crippen molar-refractivity contribution in [3.8, 4) is 5.69 Å². The van der Waals surface area contributed by atoms with Crippen molar-refractivity contribution in [2.75, 3.05) is 11.1 Å². The van der Waals surface area contributed by atoms with Crippen LogP contribution < -0.4 is 10.9 Å². The molecule has 0 aliphatic rings. The zero-order valence-corrected chi connectivity index (χ0v) is 21.2. The summed E-state index contributed by atoms with van der Waals surface area (Å²) in [4.78, 5) is 32.3. The third-order valence-electron chi connectivity index (χ3n) is 5.32. The quantitative estimate of drug-likeness (QED) is 0.225. The topological polar surface area (TPSA) is 64.0 Å². The molecule has 0 spiro atoms. The van der Waals surface area contributed by atoms with Gasteiger partial charge in [0, 0.05) is 10.6 Å². The molecular weight excluding hydrogens is 519 g/mol. The number of rotatable bonds is 5. The van der Waals surface area contributed by atoms with E-state index in [1.807, 2.05) is 39.0 Å². The Morgan fingerprint density at radius 2 is 1.91 bits per heavy atom. The summed E-state index contributed by atoms with van der Waals surface area (Å²) in [5.74, 6) is -0.717. The minimum absolute atomic E-state index is 0.0312.